The van der Waals surface area contributed by atoms with Crippen molar-refractivity contribution in [1.82, 2.24) is 0 Å². The van der Waals surface area contributed by atoms with E-state index in [4.69, 9.17) is 7.15 Å². The molecule has 0 radical (unpaired) electrons. The maximum Gasteiger partial charge on any atom is 0.348 e. The molecule has 0 saturated carbocycles. The number of piperidine rings is 3. The van der Waals surface area contributed by atoms with Gasteiger partial charge in [0.2, 0.25) is 0 Å². The number of nitrogens with one attached hydrogen (secondary N) is 1. The molecule has 0 aromatic rings. The van der Waals surface area contributed by atoms with E-state index in [1.54, 1.807) is 0 Å². The summed E-state index contributed by atoms with van der Waals surface area (Å²) in [6, 6.07) is 0.319. The number of rotatable bonds is 0. The van der Waals surface area contributed by atoms with Crippen molar-refractivity contribution in [3.8, 4) is 0 Å². The molecule has 0 aromatic carbocycles. The second kappa shape index (κ2) is 1.96. The van der Waals surface area contributed by atoms with Crippen molar-refractivity contribution in [1.29, 1.82) is 0 Å². The van der Waals surface area contributed by atoms with Crippen LogP contribution < -0.4 is 10.6 Å². The maximum atomic E-state index is 7.90. The first-order valence-corrected chi connectivity index (χ1v) is 3.84. The summed E-state index contributed by atoms with van der Waals surface area (Å²) < 4.78 is 7.90. The van der Waals surface area contributed by atoms with E-state index in [1.165, 1.54) is 12.8 Å². The molecule has 1 atom stereocenters. The Morgan fingerprint density at radius 1 is 1.44 bits per heavy atom. The first-order chi connectivity index (χ1) is 4.70. The summed E-state index contributed by atoms with van der Waals surface area (Å²) in [7, 11) is 0. The number of hydrogen-bond acceptors (Lipinski definition) is 1. The molecule has 2 nitrogen and oxygen atoms in total. The van der Waals surface area contributed by atoms with Gasteiger partial charge in [0.05, 0.1) is 25.7 Å². The summed E-state index contributed by atoms with van der Waals surface area (Å²) in [5.41, 5.74) is 5.87. The highest BCUT2D eigenvalue weighted by atomic mass is 15.2. The minimum absolute atomic E-state index is 0.319. The van der Waals surface area contributed by atoms with Crippen molar-refractivity contribution < 1.29 is 6.30 Å². The molecule has 0 unspecified atom stereocenters. The first kappa shape index (κ1) is 4.69. The molecule has 3 N–H and O–H groups in total. The second-order valence-electron chi connectivity index (χ2n) is 3.30. The normalized spacial score (nSPS) is 59.4. The van der Waals surface area contributed by atoms with Gasteiger partial charge in [-0.05, 0) is 5.92 Å². The Morgan fingerprint density at radius 3 is 2.44 bits per heavy atom. The largest absolute Gasteiger partial charge is 0.348 e. The van der Waals surface area contributed by atoms with E-state index in [1.807, 2.05) is 0 Å². The highest BCUT2D eigenvalue weighted by Crippen LogP contribution is 2.15. The Morgan fingerprint density at radius 2 is 2.11 bits per heavy atom. The zero-order chi connectivity index (χ0) is 7.19. The van der Waals surface area contributed by atoms with E-state index in [0.29, 0.717) is 10.9 Å². The molecule has 3 fully saturated rings. The standard InChI is InChI=1S/C7H14N2/c8-7-5-9-3-1-6(7)2-4-9/h6-7H,1-5,8H2/p+1/t7-/m1/s1/i/hD. The summed E-state index contributed by atoms with van der Waals surface area (Å²) in [6.45, 7) is 2.97. The van der Waals surface area contributed by atoms with Crippen LogP contribution >= 0.6 is 0 Å². The number of fused-ring (bicyclic) bond motifs is 3. The summed E-state index contributed by atoms with van der Waals surface area (Å²) in [4.78, 5) is 0.498. The molecule has 52 valence electrons. The SMILES string of the molecule is [2H][N+]12CCC(CC1)[C@H](N)C2. The molecule has 3 saturated heterocycles. The minimum Gasteiger partial charge on any atom is -0.334 e. The predicted octanol–water partition coefficient (Wildman–Crippen LogP) is -1.38. The van der Waals surface area contributed by atoms with Crippen LogP contribution in [-0.2, 0) is 0 Å². The predicted molar refractivity (Wildman–Crippen MR) is 36.3 cm³/mol. The highest BCUT2D eigenvalue weighted by Gasteiger charge is 2.34. The van der Waals surface area contributed by atoms with Gasteiger partial charge in [-0.3, -0.25) is 0 Å². The molecular formula is C7H15N2+. The molecule has 0 aliphatic carbocycles. The Balaban J connectivity index is 2.14. The lowest BCUT2D eigenvalue weighted by Gasteiger charge is -2.40. The summed E-state index contributed by atoms with van der Waals surface area (Å²) in [5, 5.41) is 0. The Kier molecular flexibility index (Phi) is 1.02. The van der Waals surface area contributed by atoms with Gasteiger partial charge in [0.25, 0.3) is 0 Å². The van der Waals surface area contributed by atoms with Crippen molar-refractivity contribution >= 4 is 0 Å². The molecule has 3 aliphatic heterocycles. The summed E-state index contributed by atoms with van der Waals surface area (Å²) in [6.07, 6.45) is 2.37. The van der Waals surface area contributed by atoms with E-state index in [-0.39, 0.29) is 0 Å². The lowest BCUT2D eigenvalue weighted by Crippen LogP contribution is -3.16. The van der Waals surface area contributed by atoms with E-state index < -0.39 is 0 Å². The van der Waals surface area contributed by atoms with Gasteiger partial charge in [-0.25, -0.2) is 0 Å². The topological polar surface area (TPSA) is 30.5 Å². The third kappa shape index (κ3) is 0.864. The molecule has 0 spiro atoms. The highest BCUT2D eigenvalue weighted by molar-refractivity contribution is 4.78. The molecule has 9 heavy (non-hydrogen) atoms. The zero-order valence-electron chi connectivity index (χ0n) is 6.71. The molecule has 0 aromatic heterocycles. The fourth-order valence-corrected chi connectivity index (χ4v) is 2.01. The van der Waals surface area contributed by atoms with Crippen LogP contribution in [0, 0.1) is 5.92 Å². The van der Waals surface area contributed by atoms with Crippen molar-refractivity contribution in [3.63, 3.8) is 0 Å². The van der Waals surface area contributed by atoms with Crippen molar-refractivity contribution in [2.75, 3.05) is 19.6 Å². The monoisotopic (exact) mass is 128 g/mol. The molecule has 0 amide bonds. The molecule has 2 heteroatoms. The van der Waals surface area contributed by atoms with Gasteiger partial charge < -0.3 is 10.6 Å². The Labute approximate surface area is 57.5 Å². The molecular weight excluding hydrogens is 112 g/mol. The summed E-state index contributed by atoms with van der Waals surface area (Å²) in [5.74, 6) is 0.741. The van der Waals surface area contributed by atoms with Crippen molar-refractivity contribution in [2.45, 2.75) is 18.9 Å². The average Bonchev–Trinajstić information content (AvgIpc) is 1.87. The van der Waals surface area contributed by atoms with Gasteiger partial charge in [0.1, 0.15) is 0 Å². The van der Waals surface area contributed by atoms with Crippen LogP contribution in [0.15, 0.2) is 0 Å². The van der Waals surface area contributed by atoms with Gasteiger partial charge >= 0.3 is 1.41 Å². The van der Waals surface area contributed by atoms with Crippen LogP contribution in [0.2, 0.25) is 1.41 Å². The third-order valence-corrected chi connectivity index (χ3v) is 2.71. The molecule has 3 rings (SSSR count). The first-order valence-electron chi connectivity index (χ1n) is 4.29. The lowest BCUT2D eigenvalue weighted by molar-refractivity contribution is -0.917. The Bertz CT molecular complexity index is 141. The number of quaternary nitrogens is 1. The summed E-state index contributed by atoms with van der Waals surface area (Å²) >= 11 is 0. The van der Waals surface area contributed by atoms with Crippen LogP contribution in [0.5, 0.6) is 0 Å². The van der Waals surface area contributed by atoms with Crippen LogP contribution in [-0.4, -0.2) is 25.7 Å². The van der Waals surface area contributed by atoms with Crippen molar-refractivity contribution in [2.24, 2.45) is 11.7 Å². The molecule has 3 aliphatic rings. The van der Waals surface area contributed by atoms with E-state index in [9.17, 15) is 0 Å². The van der Waals surface area contributed by atoms with Crippen molar-refractivity contribution in [3.05, 3.63) is 0 Å². The second-order valence-corrected chi connectivity index (χ2v) is 3.30. The smallest absolute Gasteiger partial charge is 0.334 e. The van der Waals surface area contributed by atoms with E-state index in [0.717, 1.165) is 25.6 Å². The van der Waals surface area contributed by atoms with Crippen LogP contribution in [0.4, 0.5) is 0 Å². The maximum absolute atomic E-state index is 7.90. The van der Waals surface area contributed by atoms with E-state index >= 15 is 0 Å². The Hall–Kier alpha value is -0.0800. The fraction of sp³-hybridized carbons (Fsp3) is 1.00. The number of nitrogens with two attached hydrogens (primary N) is 1. The van der Waals surface area contributed by atoms with Gasteiger partial charge in [-0.15, -0.1) is 0 Å². The fourth-order valence-electron chi connectivity index (χ4n) is 2.01. The van der Waals surface area contributed by atoms with Crippen LogP contribution in [0.1, 0.15) is 12.8 Å². The molecule has 2 bridgehead atoms. The third-order valence-electron chi connectivity index (χ3n) is 2.71. The molecule has 3 heterocycles. The van der Waals surface area contributed by atoms with E-state index in [2.05, 4.69) is 0 Å². The number of hydrogen-bond donors (Lipinski definition) is 2. The van der Waals surface area contributed by atoms with Crippen LogP contribution in [0.3, 0.4) is 0 Å². The zero-order valence-corrected chi connectivity index (χ0v) is 5.71. The van der Waals surface area contributed by atoms with Gasteiger partial charge in [-0.2, -0.15) is 0 Å². The minimum atomic E-state index is 0.319. The van der Waals surface area contributed by atoms with Gasteiger partial charge in [0, 0.05) is 12.8 Å². The average molecular weight is 128 g/mol. The quantitative estimate of drug-likeness (QED) is 0.414. The van der Waals surface area contributed by atoms with Crippen LogP contribution in [0.25, 0.3) is 0 Å². The van der Waals surface area contributed by atoms with Gasteiger partial charge in [0.15, 0.2) is 0 Å². The van der Waals surface area contributed by atoms with Gasteiger partial charge in [-0.1, -0.05) is 0 Å². The lowest BCUT2D eigenvalue weighted by atomic mass is 9.85.